The molecule has 1 aromatic rings. The zero-order chi connectivity index (χ0) is 10.4. The Balaban J connectivity index is 2.57. The fourth-order valence-electron chi connectivity index (χ4n) is 1.05. The van der Waals surface area contributed by atoms with Gasteiger partial charge in [-0.25, -0.2) is 0 Å². The van der Waals surface area contributed by atoms with E-state index in [1.165, 1.54) is 11.8 Å². The van der Waals surface area contributed by atoms with E-state index >= 15 is 0 Å². The largest absolute Gasteiger partial charge is 0.334 e. The maximum absolute atomic E-state index is 11.6. The first-order chi connectivity index (χ1) is 6.77. The Morgan fingerprint density at radius 3 is 2.43 bits per heavy atom. The lowest BCUT2D eigenvalue weighted by Gasteiger charge is -2.17. The van der Waals surface area contributed by atoms with Crippen molar-refractivity contribution < 1.29 is 4.79 Å². The van der Waals surface area contributed by atoms with Gasteiger partial charge in [-0.3, -0.25) is 9.78 Å². The Morgan fingerprint density at radius 1 is 1.36 bits per heavy atom. The van der Waals surface area contributed by atoms with E-state index in [0.29, 0.717) is 0 Å². The predicted octanol–water partition coefficient (Wildman–Crippen LogP) is 2.64. The second kappa shape index (κ2) is 5.65. The molecule has 0 bridgehead atoms. The second-order valence-electron chi connectivity index (χ2n) is 2.72. The minimum atomic E-state index is 0.0983. The van der Waals surface area contributed by atoms with E-state index in [1.807, 2.05) is 26.0 Å². The van der Waals surface area contributed by atoms with E-state index in [0.717, 1.165) is 18.0 Å². The van der Waals surface area contributed by atoms with E-state index < -0.39 is 0 Å². The smallest absolute Gasteiger partial charge is 0.286 e. The van der Waals surface area contributed by atoms with E-state index in [4.69, 9.17) is 0 Å². The van der Waals surface area contributed by atoms with Gasteiger partial charge in [0.1, 0.15) is 0 Å². The minimum absolute atomic E-state index is 0.0983. The van der Waals surface area contributed by atoms with Gasteiger partial charge in [0, 0.05) is 30.4 Å². The molecule has 0 N–H and O–H groups in total. The molecule has 1 aromatic heterocycles. The Kier molecular flexibility index (Phi) is 4.46. The number of hydrogen-bond acceptors (Lipinski definition) is 3. The molecule has 0 aliphatic rings. The first-order valence-corrected chi connectivity index (χ1v) is 5.46. The average Bonchev–Trinajstić information content (AvgIpc) is 2.21. The van der Waals surface area contributed by atoms with Crippen molar-refractivity contribution in [3.8, 4) is 0 Å². The van der Waals surface area contributed by atoms with Crippen molar-refractivity contribution in [1.82, 2.24) is 9.88 Å². The molecule has 0 fully saturated rings. The molecule has 1 heterocycles. The zero-order valence-corrected chi connectivity index (χ0v) is 9.25. The van der Waals surface area contributed by atoms with Gasteiger partial charge in [-0.15, -0.1) is 0 Å². The van der Waals surface area contributed by atoms with Gasteiger partial charge in [0.15, 0.2) is 0 Å². The monoisotopic (exact) mass is 210 g/mol. The topological polar surface area (TPSA) is 33.2 Å². The van der Waals surface area contributed by atoms with Crippen molar-refractivity contribution in [3.63, 3.8) is 0 Å². The van der Waals surface area contributed by atoms with Crippen LogP contribution in [0.4, 0.5) is 4.79 Å². The van der Waals surface area contributed by atoms with Crippen LogP contribution in [0.1, 0.15) is 13.8 Å². The third-order valence-electron chi connectivity index (χ3n) is 1.88. The summed E-state index contributed by atoms with van der Waals surface area (Å²) in [6, 6.07) is 3.68. The number of nitrogens with zero attached hydrogens (tertiary/aromatic N) is 2. The molecule has 0 aliphatic heterocycles. The molecule has 1 amide bonds. The van der Waals surface area contributed by atoms with Crippen LogP contribution >= 0.6 is 11.8 Å². The fourth-order valence-corrected chi connectivity index (χ4v) is 1.90. The van der Waals surface area contributed by atoms with Crippen molar-refractivity contribution >= 4 is 17.0 Å². The van der Waals surface area contributed by atoms with Crippen LogP contribution in [0.5, 0.6) is 0 Å². The fraction of sp³-hybridized carbons (Fsp3) is 0.400. The number of carbonyl (C=O) groups is 1. The van der Waals surface area contributed by atoms with E-state index in [2.05, 4.69) is 4.98 Å². The molecule has 76 valence electrons. The first kappa shape index (κ1) is 11.0. The van der Waals surface area contributed by atoms with Gasteiger partial charge in [0.05, 0.1) is 0 Å². The van der Waals surface area contributed by atoms with Crippen LogP contribution in [0.3, 0.4) is 0 Å². The lowest BCUT2D eigenvalue weighted by Crippen LogP contribution is -2.26. The highest BCUT2D eigenvalue weighted by Gasteiger charge is 2.10. The number of rotatable bonds is 3. The molecule has 0 saturated heterocycles. The van der Waals surface area contributed by atoms with E-state index in [9.17, 15) is 4.79 Å². The van der Waals surface area contributed by atoms with Gasteiger partial charge in [-0.1, -0.05) is 0 Å². The van der Waals surface area contributed by atoms with Crippen molar-refractivity contribution in [2.24, 2.45) is 0 Å². The maximum atomic E-state index is 11.6. The number of pyridine rings is 1. The third-order valence-corrected chi connectivity index (χ3v) is 2.82. The maximum Gasteiger partial charge on any atom is 0.286 e. The van der Waals surface area contributed by atoms with Gasteiger partial charge in [-0.05, 0) is 37.7 Å². The number of carbonyl (C=O) groups excluding carboxylic acids is 1. The first-order valence-electron chi connectivity index (χ1n) is 4.64. The third kappa shape index (κ3) is 3.03. The van der Waals surface area contributed by atoms with Crippen LogP contribution < -0.4 is 0 Å². The van der Waals surface area contributed by atoms with E-state index in [1.54, 1.807) is 17.3 Å². The summed E-state index contributed by atoms with van der Waals surface area (Å²) >= 11 is 1.25. The molecule has 0 saturated carbocycles. The normalized spacial score (nSPS) is 9.86. The van der Waals surface area contributed by atoms with Gasteiger partial charge in [-0.2, -0.15) is 0 Å². The van der Waals surface area contributed by atoms with Crippen molar-refractivity contribution in [2.45, 2.75) is 18.7 Å². The van der Waals surface area contributed by atoms with Crippen LogP contribution in [-0.2, 0) is 0 Å². The lowest BCUT2D eigenvalue weighted by atomic mass is 10.5. The van der Waals surface area contributed by atoms with Crippen molar-refractivity contribution in [1.29, 1.82) is 0 Å². The van der Waals surface area contributed by atoms with Gasteiger partial charge >= 0.3 is 0 Å². The summed E-state index contributed by atoms with van der Waals surface area (Å²) in [7, 11) is 0. The molecular formula is C10H14N2OS. The van der Waals surface area contributed by atoms with Gasteiger partial charge in [0.2, 0.25) is 0 Å². The Hall–Kier alpha value is -1.03. The molecular weight excluding hydrogens is 196 g/mol. The summed E-state index contributed by atoms with van der Waals surface area (Å²) in [5.74, 6) is 0. The summed E-state index contributed by atoms with van der Waals surface area (Å²) in [6.07, 6.45) is 3.38. The summed E-state index contributed by atoms with van der Waals surface area (Å²) in [4.78, 5) is 18.3. The number of thioether (sulfide) groups is 1. The average molecular weight is 210 g/mol. The Labute approximate surface area is 88.5 Å². The minimum Gasteiger partial charge on any atom is -0.334 e. The zero-order valence-electron chi connectivity index (χ0n) is 8.43. The molecule has 0 spiro atoms. The molecule has 4 heteroatoms. The van der Waals surface area contributed by atoms with Crippen LogP contribution in [0.2, 0.25) is 0 Å². The number of hydrogen-bond donors (Lipinski definition) is 0. The van der Waals surface area contributed by atoms with Crippen LogP contribution in [-0.4, -0.2) is 28.2 Å². The highest BCUT2D eigenvalue weighted by atomic mass is 32.2. The summed E-state index contributed by atoms with van der Waals surface area (Å²) in [5, 5.41) is 0.0983. The molecule has 0 aliphatic carbocycles. The highest BCUT2D eigenvalue weighted by Crippen LogP contribution is 2.19. The van der Waals surface area contributed by atoms with Crippen molar-refractivity contribution in [3.05, 3.63) is 24.5 Å². The summed E-state index contributed by atoms with van der Waals surface area (Å²) < 4.78 is 0. The molecule has 1 rings (SSSR count). The number of aromatic nitrogens is 1. The molecule has 3 nitrogen and oxygen atoms in total. The van der Waals surface area contributed by atoms with Crippen LogP contribution in [0.15, 0.2) is 29.4 Å². The number of amides is 1. The predicted molar refractivity (Wildman–Crippen MR) is 58.4 cm³/mol. The van der Waals surface area contributed by atoms with Crippen LogP contribution in [0.25, 0.3) is 0 Å². The molecule has 0 aromatic carbocycles. The van der Waals surface area contributed by atoms with E-state index in [-0.39, 0.29) is 5.24 Å². The van der Waals surface area contributed by atoms with Crippen molar-refractivity contribution in [2.75, 3.05) is 13.1 Å². The molecule has 0 radical (unpaired) electrons. The summed E-state index contributed by atoms with van der Waals surface area (Å²) in [6.45, 7) is 5.48. The highest BCUT2D eigenvalue weighted by molar-refractivity contribution is 8.13. The summed E-state index contributed by atoms with van der Waals surface area (Å²) in [5.41, 5.74) is 0. The van der Waals surface area contributed by atoms with Gasteiger partial charge < -0.3 is 4.90 Å². The lowest BCUT2D eigenvalue weighted by molar-refractivity contribution is 0.228. The second-order valence-corrected chi connectivity index (χ2v) is 3.75. The Bertz CT molecular complexity index is 285. The quantitative estimate of drug-likeness (QED) is 0.719. The van der Waals surface area contributed by atoms with Crippen LogP contribution in [0, 0.1) is 0 Å². The SMILES string of the molecule is CCN(CC)C(=O)Sc1ccncc1. The molecule has 14 heavy (non-hydrogen) atoms. The molecule has 0 unspecified atom stereocenters. The Morgan fingerprint density at radius 2 is 1.93 bits per heavy atom. The van der Waals surface area contributed by atoms with Gasteiger partial charge in [0.25, 0.3) is 5.24 Å². The standard InChI is InChI=1S/C10H14N2OS/c1-3-12(4-2)10(13)14-9-5-7-11-8-6-9/h5-8H,3-4H2,1-2H3. The molecule has 0 atom stereocenters.